The molecule has 132 valence electrons. The molecule has 0 aromatic rings. The number of aliphatic hydroxyl groups is 1. The number of epoxide rings is 1. The predicted octanol–water partition coefficient (Wildman–Crippen LogP) is 3.46. The Bertz CT molecular complexity index is 603. The number of esters is 1. The molecular weight excluding hydrogens is 304 g/mol. The molecule has 4 nitrogen and oxygen atoms in total. The van der Waals surface area contributed by atoms with E-state index < -0.39 is 12.2 Å². The van der Waals surface area contributed by atoms with Gasteiger partial charge in [0, 0.05) is 11.5 Å². The lowest BCUT2D eigenvalue weighted by Gasteiger charge is -2.24. The average molecular weight is 332 g/mol. The molecule has 1 N–H and O–H groups in total. The van der Waals surface area contributed by atoms with Crippen molar-refractivity contribution in [1.29, 1.82) is 0 Å². The van der Waals surface area contributed by atoms with E-state index in [1.54, 1.807) is 0 Å². The van der Waals surface area contributed by atoms with E-state index in [4.69, 9.17) is 9.47 Å². The second-order valence-corrected chi connectivity index (χ2v) is 7.68. The minimum atomic E-state index is -0.782. The van der Waals surface area contributed by atoms with Gasteiger partial charge >= 0.3 is 5.97 Å². The molecule has 4 heteroatoms. The van der Waals surface area contributed by atoms with Crippen LogP contribution in [0.5, 0.6) is 0 Å². The van der Waals surface area contributed by atoms with Crippen LogP contribution in [0.3, 0.4) is 0 Å². The number of ether oxygens (including phenoxy) is 2. The minimum absolute atomic E-state index is 0.101. The van der Waals surface area contributed by atoms with Gasteiger partial charge in [0.05, 0.1) is 11.7 Å². The third kappa shape index (κ3) is 3.35. The van der Waals surface area contributed by atoms with Gasteiger partial charge in [0.2, 0.25) is 0 Å². The van der Waals surface area contributed by atoms with E-state index in [-0.39, 0.29) is 23.6 Å². The second kappa shape index (κ2) is 6.49. The Morgan fingerprint density at radius 1 is 1.29 bits per heavy atom. The van der Waals surface area contributed by atoms with Crippen LogP contribution in [0, 0.1) is 5.92 Å². The van der Waals surface area contributed by atoms with Crippen molar-refractivity contribution in [3.8, 4) is 0 Å². The molecule has 0 amide bonds. The second-order valence-electron chi connectivity index (χ2n) is 7.68. The Balaban J connectivity index is 1.84. The normalized spacial score (nSPS) is 45.0. The Kier molecular flexibility index (Phi) is 4.71. The Hall–Kier alpha value is -1.39. The number of allylic oxidation sites excluding steroid dienone is 3. The molecule has 5 atom stereocenters. The first-order valence-electron chi connectivity index (χ1n) is 8.90. The maximum atomic E-state index is 12.0. The molecule has 0 radical (unpaired) electrons. The number of rotatable bonds is 0. The third-order valence-corrected chi connectivity index (χ3v) is 5.77. The van der Waals surface area contributed by atoms with Gasteiger partial charge in [-0.05, 0) is 58.4 Å². The summed E-state index contributed by atoms with van der Waals surface area (Å²) in [7, 11) is 0. The molecule has 0 saturated carbocycles. The molecule has 0 spiro atoms. The average Bonchev–Trinajstić information content (AvgIpc) is 3.08. The zero-order valence-corrected chi connectivity index (χ0v) is 14.9. The van der Waals surface area contributed by atoms with E-state index in [0.717, 1.165) is 31.3 Å². The molecule has 0 unspecified atom stereocenters. The number of carbonyl (C=O) groups excluding carboxylic acids is 1. The fourth-order valence-corrected chi connectivity index (χ4v) is 3.85. The van der Waals surface area contributed by atoms with Gasteiger partial charge in [-0.1, -0.05) is 24.3 Å². The smallest absolute Gasteiger partial charge is 0.334 e. The summed E-state index contributed by atoms with van der Waals surface area (Å²) in [6.07, 6.45) is 7.64. The Morgan fingerprint density at radius 2 is 2.04 bits per heavy atom. The monoisotopic (exact) mass is 332 g/mol. The first kappa shape index (κ1) is 17.4. The van der Waals surface area contributed by atoms with Crippen LogP contribution in [0.15, 0.2) is 35.5 Å². The van der Waals surface area contributed by atoms with E-state index in [9.17, 15) is 9.90 Å². The van der Waals surface area contributed by atoms with Crippen LogP contribution in [0.4, 0.5) is 0 Å². The van der Waals surface area contributed by atoms with Crippen molar-refractivity contribution in [1.82, 2.24) is 0 Å². The quantitative estimate of drug-likeness (QED) is 0.319. The van der Waals surface area contributed by atoms with Crippen LogP contribution in [-0.2, 0) is 14.3 Å². The summed E-state index contributed by atoms with van der Waals surface area (Å²) in [5.74, 6) is -0.566. The molecule has 1 aliphatic carbocycles. The number of aliphatic hydroxyl groups excluding tert-OH is 1. The maximum absolute atomic E-state index is 12.0. The van der Waals surface area contributed by atoms with Gasteiger partial charge in [-0.3, -0.25) is 0 Å². The first-order chi connectivity index (χ1) is 11.3. The Morgan fingerprint density at radius 3 is 2.79 bits per heavy atom. The van der Waals surface area contributed by atoms with E-state index in [0.29, 0.717) is 12.0 Å². The summed E-state index contributed by atoms with van der Waals surface area (Å²) < 4.78 is 11.4. The summed E-state index contributed by atoms with van der Waals surface area (Å²) in [6, 6.07) is 0. The van der Waals surface area contributed by atoms with Crippen LogP contribution in [0.1, 0.15) is 52.9 Å². The highest BCUT2D eigenvalue weighted by molar-refractivity contribution is 5.91. The van der Waals surface area contributed by atoms with E-state index in [1.807, 2.05) is 6.92 Å². The van der Waals surface area contributed by atoms with E-state index >= 15 is 0 Å². The van der Waals surface area contributed by atoms with Gasteiger partial charge in [0.1, 0.15) is 12.2 Å². The van der Waals surface area contributed by atoms with Gasteiger partial charge in [0.25, 0.3) is 0 Å². The highest BCUT2D eigenvalue weighted by Gasteiger charge is 2.55. The molecule has 2 aliphatic heterocycles. The van der Waals surface area contributed by atoms with Crippen LogP contribution in [-0.4, -0.2) is 35.0 Å². The third-order valence-electron chi connectivity index (χ3n) is 5.77. The van der Waals surface area contributed by atoms with Gasteiger partial charge in [-0.15, -0.1) is 0 Å². The molecule has 2 heterocycles. The number of carbonyl (C=O) groups is 1. The number of fused-ring (bicyclic) bond motifs is 2. The molecular formula is C20H28O4. The molecule has 0 aromatic heterocycles. The number of hydrogen-bond donors (Lipinski definition) is 1. The van der Waals surface area contributed by atoms with Gasteiger partial charge in [-0.25, -0.2) is 4.79 Å². The van der Waals surface area contributed by atoms with Crippen LogP contribution >= 0.6 is 0 Å². The van der Waals surface area contributed by atoms with Crippen molar-refractivity contribution in [3.05, 3.63) is 35.5 Å². The lowest BCUT2D eigenvalue weighted by Crippen LogP contribution is -2.33. The molecule has 0 bridgehead atoms. The zero-order valence-electron chi connectivity index (χ0n) is 14.9. The van der Waals surface area contributed by atoms with Crippen molar-refractivity contribution < 1.29 is 19.4 Å². The topological polar surface area (TPSA) is 59.1 Å². The van der Waals surface area contributed by atoms with Crippen LogP contribution in [0.25, 0.3) is 0 Å². The summed E-state index contributed by atoms with van der Waals surface area (Å²) in [4.78, 5) is 12.0. The van der Waals surface area contributed by atoms with E-state index in [2.05, 4.69) is 32.6 Å². The fraction of sp³-hybridized carbons (Fsp3) is 0.650. The molecule has 3 rings (SSSR count). The first-order valence-corrected chi connectivity index (χ1v) is 8.90. The summed E-state index contributed by atoms with van der Waals surface area (Å²) in [5, 5.41) is 10.7. The van der Waals surface area contributed by atoms with E-state index in [1.165, 1.54) is 5.57 Å². The minimum Gasteiger partial charge on any atom is -0.455 e. The largest absolute Gasteiger partial charge is 0.455 e. The maximum Gasteiger partial charge on any atom is 0.334 e. The summed E-state index contributed by atoms with van der Waals surface area (Å²) in [5.41, 5.74) is 2.56. The van der Waals surface area contributed by atoms with Gasteiger partial charge in [-0.2, -0.15) is 0 Å². The Labute approximate surface area is 144 Å². The molecule has 24 heavy (non-hydrogen) atoms. The standard InChI is InChI=1S/C20H28O4/c1-12-7-5-9-13(2)17(21)18-15(14(3)19(22)23-18)11-16-20(4,24-16)10-6-8-12/h8-9,15-18,21H,3,5-7,10-11H2,1-2,4H3/b12-8-,13-9+/t15-,16-,17-,18-,20-/m1/s1. The van der Waals surface area contributed by atoms with Gasteiger partial charge in [0.15, 0.2) is 0 Å². The van der Waals surface area contributed by atoms with Crippen molar-refractivity contribution in [3.63, 3.8) is 0 Å². The zero-order chi connectivity index (χ0) is 17.5. The molecule has 2 saturated heterocycles. The lowest BCUT2D eigenvalue weighted by atomic mass is 9.84. The highest BCUT2D eigenvalue weighted by atomic mass is 16.6. The van der Waals surface area contributed by atoms with Gasteiger partial charge < -0.3 is 14.6 Å². The van der Waals surface area contributed by atoms with Crippen LogP contribution < -0.4 is 0 Å². The summed E-state index contributed by atoms with van der Waals surface area (Å²) >= 11 is 0. The number of hydrogen-bond acceptors (Lipinski definition) is 4. The van der Waals surface area contributed by atoms with Crippen molar-refractivity contribution in [2.45, 2.75) is 76.8 Å². The van der Waals surface area contributed by atoms with Crippen molar-refractivity contribution >= 4 is 5.97 Å². The SMILES string of the molecule is C=C1C(=O)O[C@@H]2[C@@H]1C[C@H]1O[C@]1(C)CC/C=C(/C)CC/C=C(\C)[C@H]2O. The van der Waals surface area contributed by atoms with Crippen LogP contribution in [0.2, 0.25) is 0 Å². The highest BCUT2D eigenvalue weighted by Crippen LogP contribution is 2.47. The van der Waals surface area contributed by atoms with Crippen molar-refractivity contribution in [2.24, 2.45) is 5.92 Å². The van der Waals surface area contributed by atoms with Crippen molar-refractivity contribution in [2.75, 3.05) is 0 Å². The molecule has 2 fully saturated rings. The predicted molar refractivity (Wildman–Crippen MR) is 92.4 cm³/mol. The fourth-order valence-electron chi connectivity index (χ4n) is 3.85. The molecule has 3 aliphatic rings. The molecule has 0 aromatic carbocycles. The summed E-state index contributed by atoms with van der Waals surface area (Å²) in [6.45, 7) is 10.1. The lowest BCUT2D eigenvalue weighted by molar-refractivity contribution is -0.142.